The van der Waals surface area contributed by atoms with Gasteiger partial charge in [-0.05, 0) is 43.0 Å². The van der Waals surface area contributed by atoms with Crippen LogP contribution in [0.2, 0.25) is 0 Å². The average molecular weight is 203 g/mol. The number of carbonyl (C=O) groups is 1. The Balaban J connectivity index is 2.23. The van der Waals surface area contributed by atoms with Crippen LogP contribution in [-0.4, -0.2) is 12.8 Å². The third-order valence-electron chi connectivity index (χ3n) is 3.07. The number of benzene rings is 1. The molecule has 0 radical (unpaired) electrons. The van der Waals surface area contributed by atoms with E-state index < -0.39 is 0 Å². The molecule has 1 unspecified atom stereocenters. The van der Waals surface area contributed by atoms with Gasteiger partial charge in [-0.2, -0.15) is 0 Å². The topological polar surface area (TPSA) is 29.1 Å². The molecular weight excluding hydrogens is 186 g/mol. The molecule has 15 heavy (non-hydrogen) atoms. The molecule has 0 saturated carbocycles. The Kier molecular flexibility index (Phi) is 3.17. The number of aryl methyl sites for hydroxylation is 1. The van der Waals surface area contributed by atoms with Crippen LogP contribution in [0.3, 0.4) is 0 Å². The van der Waals surface area contributed by atoms with Crippen molar-refractivity contribution in [2.24, 2.45) is 0 Å². The minimum absolute atomic E-state index is 0.449. The van der Waals surface area contributed by atoms with E-state index in [0.29, 0.717) is 12.5 Å². The first-order chi connectivity index (χ1) is 7.31. The van der Waals surface area contributed by atoms with E-state index in [1.807, 2.05) is 0 Å². The van der Waals surface area contributed by atoms with E-state index in [2.05, 4.69) is 30.4 Å². The van der Waals surface area contributed by atoms with E-state index in [4.69, 9.17) is 0 Å². The molecule has 2 nitrogen and oxygen atoms in total. The summed E-state index contributed by atoms with van der Waals surface area (Å²) in [5, 5.41) is 3.45. The van der Waals surface area contributed by atoms with Crippen molar-refractivity contribution < 1.29 is 4.79 Å². The number of aldehydes is 1. The molecule has 2 rings (SSSR count). The highest BCUT2D eigenvalue weighted by Gasteiger charge is 2.15. The maximum Gasteiger partial charge on any atom is 0.120 e. The summed E-state index contributed by atoms with van der Waals surface area (Å²) < 4.78 is 0. The van der Waals surface area contributed by atoms with Gasteiger partial charge in [-0.1, -0.05) is 18.2 Å². The fourth-order valence-corrected chi connectivity index (χ4v) is 2.19. The molecule has 0 amide bonds. The molecule has 2 heteroatoms. The predicted molar refractivity (Wildman–Crippen MR) is 60.9 cm³/mol. The minimum atomic E-state index is 0.449. The Morgan fingerprint density at radius 2 is 2.40 bits per heavy atom. The monoisotopic (exact) mass is 203 g/mol. The Bertz CT molecular complexity index is 360. The van der Waals surface area contributed by atoms with E-state index in [-0.39, 0.29) is 0 Å². The third-order valence-corrected chi connectivity index (χ3v) is 3.07. The van der Waals surface area contributed by atoms with Gasteiger partial charge in [-0.3, -0.25) is 0 Å². The lowest BCUT2D eigenvalue weighted by Crippen LogP contribution is -2.27. The number of hydrogen-bond donors (Lipinski definition) is 1. The molecule has 1 aromatic rings. The highest BCUT2D eigenvalue weighted by atomic mass is 16.1. The molecule has 0 spiro atoms. The van der Waals surface area contributed by atoms with Gasteiger partial charge in [-0.15, -0.1) is 0 Å². The summed E-state index contributed by atoms with van der Waals surface area (Å²) in [6.07, 6.45) is 3.60. The minimum Gasteiger partial charge on any atom is -0.310 e. The number of fused-ring (bicyclic) bond motifs is 1. The largest absolute Gasteiger partial charge is 0.310 e. The lowest BCUT2D eigenvalue weighted by molar-refractivity contribution is -0.107. The normalized spacial score (nSPS) is 19.7. The maximum atomic E-state index is 10.3. The molecular formula is C13H17NO. The van der Waals surface area contributed by atoms with Crippen LogP contribution in [0.4, 0.5) is 0 Å². The van der Waals surface area contributed by atoms with Gasteiger partial charge in [0.25, 0.3) is 0 Å². The Morgan fingerprint density at radius 1 is 1.53 bits per heavy atom. The lowest BCUT2D eigenvalue weighted by Gasteiger charge is -2.24. The molecule has 1 N–H and O–H groups in total. The van der Waals surface area contributed by atoms with Crippen molar-refractivity contribution in [1.82, 2.24) is 5.32 Å². The highest BCUT2D eigenvalue weighted by Crippen LogP contribution is 2.23. The molecule has 0 aliphatic carbocycles. The highest BCUT2D eigenvalue weighted by molar-refractivity contribution is 5.50. The Labute approximate surface area is 90.7 Å². The molecule has 1 aromatic carbocycles. The van der Waals surface area contributed by atoms with Crippen LogP contribution in [0.5, 0.6) is 0 Å². The molecule has 0 bridgehead atoms. The lowest BCUT2D eigenvalue weighted by atomic mass is 9.92. The van der Waals surface area contributed by atoms with Crippen LogP contribution in [-0.2, 0) is 17.6 Å². The SMILES string of the molecule is CC1NCCc2ccc(CCC=O)cc21. The van der Waals surface area contributed by atoms with Gasteiger partial charge in [0, 0.05) is 12.5 Å². The van der Waals surface area contributed by atoms with E-state index in [1.165, 1.54) is 16.7 Å². The first-order valence-electron chi connectivity index (χ1n) is 5.60. The molecule has 80 valence electrons. The van der Waals surface area contributed by atoms with Crippen molar-refractivity contribution in [2.45, 2.75) is 32.2 Å². The van der Waals surface area contributed by atoms with Crippen molar-refractivity contribution >= 4 is 6.29 Å². The Morgan fingerprint density at radius 3 is 3.20 bits per heavy atom. The first-order valence-corrected chi connectivity index (χ1v) is 5.60. The predicted octanol–water partition coefficient (Wildman–Crippen LogP) is 2.02. The van der Waals surface area contributed by atoms with Gasteiger partial charge < -0.3 is 10.1 Å². The standard InChI is InChI=1S/C13H17NO/c1-10-13-9-11(3-2-8-15)4-5-12(13)6-7-14-10/h4-5,8-10,14H,2-3,6-7H2,1H3. The Hall–Kier alpha value is -1.15. The van der Waals surface area contributed by atoms with Gasteiger partial charge >= 0.3 is 0 Å². The van der Waals surface area contributed by atoms with Crippen molar-refractivity contribution in [2.75, 3.05) is 6.54 Å². The first kappa shape index (κ1) is 10.4. The van der Waals surface area contributed by atoms with Gasteiger partial charge in [0.05, 0.1) is 0 Å². The van der Waals surface area contributed by atoms with Crippen LogP contribution in [0, 0.1) is 0 Å². The van der Waals surface area contributed by atoms with Crippen molar-refractivity contribution in [3.63, 3.8) is 0 Å². The molecule has 1 aliphatic rings. The zero-order valence-corrected chi connectivity index (χ0v) is 9.12. The van der Waals surface area contributed by atoms with Crippen LogP contribution >= 0.6 is 0 Å². The van der Waals surface area contributed by atoms with Gasteiger partial charge in [0.2, 0.25) is 0 Å². The molecule has 1 aliphatic heterocycles. The van der Waals surface area contributed by atoms with E-state index in [9.17, 15) is 4.79 Å². The average Bonchev–Trinajstić information content (AvgIpc) is 2.27. The van der Waals surface area contributed by atoms with Crippen LogP contribution < -0.4 is 5.32 Å². The van der Waals surface area contributed by atoms with E-state index in [0.717, 1.165) is 25.7 Å². The van der Waals surface area contributed by atoms with E-state index >= 15 is 0 Å². The van der Waals surface area contributed by atoms with Gasteiger partial charge in [-0.25, -0.2) is 0 Å². The number of rotatable bonds is 3. The molecule has 0 fully saturated rings. The second-order valence-corrected chi connectivity index (χ2v) is 4.16. The summed E-state index contributed by atoms with van der Waals surface area (Å²) in [6, 6.07) is 7.06. The zero-order chi connectivity index (χ0) is 10.7. The summed E-state index contributed by atoms with van der Waals surface area (Å²) in [6.45, 7) is 3.27. The summed E-state index contributed by atoms with van der Waals surface area (Å²) in [4.78, 5) is 10.3. The smallest absolute Gasteiger partial charge is 0.120 e. The van der Waals surface area contributed by atoms with Crippen LogP contribution in [0.1, 0.15) is 36.1 Å². The summed E-state index contributed by atoms with van der Waals surface area (Å²) in [5.74, 6) is 0. The van der Waals surface area contributed by atoms with Crippen molar-refractivity contribution in [3.05, 3.63) is 34.9 Å². The van der Waals surface area contributed by atoms with Crippen molar-refractivity contribution in [3.8, 4) is 0 Å². The maximum absolute atomic E-state index is 10.3. The van der Waals surface area contributed by atoms with E-state index in [1.54, 1.807) is 0 Å². The molecule has 1 atom stereocenters. The fraction of sp³-hybridized carbons (Fsp3) is 0.462. The molecule has 0 saturated heterocycles. The second kappa shape index (κ2) is 4.58. The van der Waals surface area contributed by atoms with Gasteiger partial charge in [0.1, 0.15) is 6.29 Å². The second-order valence-electron chi connectivity index (χ2n) is 4.16. The van der Waals surface area contributed by atoms with Crippen LogP contribution in [0.25, 0.3) is 0 Å². The summed E-state index contributed by atoms with van der Waals surface area (Å²) in [7, 11) is 0. The molecule has 0 aromatic heterocycles. The third kappa shape index (κ3) is 2.26. The number of hydrogen-bond acceptors (Lipinski definition) is 2. The van der Waals surface area contributed by atoms with Crippen molar-refractivity contribution in [1.29, 1.82) is 0 Å². The summed E-state index contributed by atoms with van der Waals surface area (Å²) >= 11 is 0. The van der Waals surface area contributed by atoms with Crippen LogP contribution in [0.15, 0.2) is 18.2 Å². The molecule has 1 heterocycles. The number of nitrogens with one attached hydrogen (secondary N) is 1. The zero-order valence-electron chi connectivity index (χ0n) is 9.12. The number of carbonyl (C=O) groups excluding carboxylic acids is 1. The fourth-order valence-electron chi connectivity index (χ4n) is 2.19. The van der Waals surface area contributed by atoms with Gasteiger partial charge in [0.15, 0.2) is 0 Å². The quantitative estimate of drug-likeness (QED) is 0.761. The summed E-state index contributed by atoms with van der Waals surface area (Å²) in [5.41, 5.74) is 4.14.